The number of carbonyl (C=O) groups excluding carboxylic acids is 1. The lowest BCUT2D eigenvalue weighted by molar-refractivity contribution is -0.110. The van der Waals surface area contributed by atoms with Gasteiger partial charge in [-0.2, -0.15) is 0 Å². The average Bonchev–Trinajstić information content (AvgIpc) is 2.06. The first kappa shape index (κ1) is 13.2. The van der Waals surface area contributed by atoms with E-state index in [9.17, 15) is 4.79 Å². The summed E-state index contributed by atoms with van der Waals surface area (Å²) in [6.07, 6.45) is 0.644. The van der Waals surface area contributed by atoms with Crippen molar-refractivity contribution in [2.75, 3.05) is 27.9 Å². The van der Waals surface area contributed by atoms with E-state index >= 15 is 0 Å². The molecule has 4 heteroatoms. The molecule has 0 aromatic carbocycles. The highest BCUT2D eigenvalue weighted by Gasteiger charge is 1.87. The molecule has 0 spiro atoms. The van der Waals surface area contributed by atoms with Gasteiger partial charge in [-0.15, -0.1) is 0 Å². The molecule has 0 fully saturated rings. The van der Waals surface area contributed by atoms with Crippen LogP contribution in [0.1, 0.15) is 6.92 Å². The zero-order chi connectivity index (χ0) is 9.11. The Kier molecular flexibility index (Phi) is 14.7. The smallest absolute Gasteiger partial charge is 0.154 e. The largest absolute Gasteiger partial charge is 0.377 e. The molecule has 11 heavy (non-hydrogen) atoms. The van der Waals surface area contributed by atoms with Crippen LogP contribution >= 0.6 is 0 Å². The Morgan fingerprint density at radius 2 is 1.73 bits per heavy atom. The van der Waals surface area contributed by atoms with Crippen molar-refractivity contribution in [3.05, 3.63) is 0 Å². The minimum atomic E-state index is -0.0648. The quantitative estimate of drug-likeness (QED) is 0.447. The van der Waals surface area contributed by atoms with Crippen LogP contribution in [-0.2, 0) is 19.0 Å². The van der Waals surface area contributed by atoms with Crippen molar-refractivity contribution in [2.45, 2.75) is 13.2 Å². The third-order valence-corrected chi connectivity index (χ3v) is 0.899. The van der Waals surface area contributed by atoms with E-state index in [1.807, 2.05) is 6.92 Å². The van der Waals surface area contributed by atoms with Crippen LogP contribution in [0, 0.1) is 0 Å². The summed E-state index contributed by atoms with van der Waals surface area (Å²) in [5.41, 5.74) is 0. The number of aldehydes is 1. The van der Waals surface area contributed by atoms with Gasteiger partial charge in [-0.25, -0.2) is 0 Å². The fourth-order valence-corrected chi connectivity index (χ4v) is 0.164. The Morgan fingerprint density at radius 3 is 1.73 bits per heavy atom. The molecule has 0 bridgehead atoms. The molecule has 0 aliphatic carbocycles. The van der Waals surface area contributed by atoms with Crippen molar-refractivity contribution in [3.63, 3.8) is 0 Å². The van der Waals surface area contributed by atoms with Gasteiger partial charge in [0, 0.05) is 21.3 Å². The van der Waals surface area contributed by atoms with Gasteiger partial charge in [0.1, 0.15) is 12.9 Å². The van der Waals surface area contributed by atoms with Crippen LogP contribution in [0.15, 0.2) is 0 Å². The molecule has 0 N–H and O–H groups in total. The Hall–Kier alpha value is -0.450. The standard InChI is InChI=1S/C4H10O2.C3H6O2/c1-4(5-2)6-3;1-5-3-2-4/h4H,1-3H3;2H,3H2,1H3. The first-order valence-electron chi connectivity index (χ1n) is 3.21. The summed E-state index contributed by atoms with van der Waals surface area (Å²) in [5.74, 6) is 0. The van der Waals surface area contributed by atoms with Crippen molar-refractivity contribution in [1.82, 2.24) is 0 Å². The highest BCUT2D eigenvalue weighted by atomic mass is 16.7. The molecule has 0 radical (unpaired) electrons. The van der Waals surface area contributed by atoms with Crippen LogP contribution in [0.3, 0.4) is 0 Å². The maximum atomic E-state index is 9.28. The molecule has 0 aromatic rings. The van der Waals surface area contributed by atoms with Crippen molar-refractivity contribution < 1.29 is 19.0 Å². The monoisotopic (exact) mass is 164 g/mol. The Labute approximate surface area is 67.4 Å². The van der Waals surface area contributed by atoms with Gasteiger partial charge in [0.05, 0.1) is 0 Å². The summed E-state index contributed by atoms with van der Waals surface area (Å²) in [7, 11) is 4.69. The van der Waals surface area contributed by atoms with E-state index in [4.69, 9.17) is 0 Å². The molecular weight excluding hydrogens is 148 g/mol. The predicted octanol–water partition coefficient (Wildman–Crippen LogP) is 0.457. The lowest BCUT2D eigenvalue weighted by atomic mass is 10.8. The van der Waals surface area contributed by atoms with Crippen molar-refractivity contribution in [1.29, 1.82) is 0 Å². The third-order valence-electron chi connectivity index (χ3n) is 0.899. The molecule has 0 heterocycles. The number of hydrogen-bond acceptors (Lipinski definition) is 4. The van der Waals surface area contributed by atoms with Crippen LogP contribution in [0.4, 0.5) is 0 Å². The molecule has 4 nitrogen and oxygen atoms in total. The maximum absolute atomic E-state index is 9.28. The van der Waals surface area contributed by atoms with Gasteiger partial charge in [-0.3, -0.25) is 0 Å². The molecule has 0 saturated heterocycles. The summed E-state index contributed by atoms with van der Waals surface area (Å²) < 4.78 is 13.7. The minimum absolute atomic E-state index is 0.0648. The lowest BCUT2D eigenvalue weighted by Gasteiger charge is -2.03. The molecule has 0 aliphatic heterocycles. The Bertz CT molecular complexity index is 70.8. The molecule has 0 saturated carbocycles. The number of hydrogen-bond donors (Lipinski definition) is 0. The number of rotatable bonds is 4. The van der Waals surface area contributed by atoms with Crippen molar-refractivity contribution in [3.8, 4) is 0 Å². The average molecular weight is 164 g/mol. The Balaban J connectivity index is 0. The summed E-state index contributed by atoms with van der Waals surface area (Å²) in [6.45, 7) is 2.04. The zero-order valence-electron chi connectivity index (χ0n) is 7.49. The SMILES string of the molecule is COC(C)OC.COCC=O. The Morgan fingerprint density at radius 1 is 1.27 bits per heavy atom. The van der Waals surface area contributed by atoms with Crippen molar-refractivity contribution in [2.24, 2.45) is 0 Å². The molecule has 68 valence electrons. The molecule has 0 aromatic heterocycles. The molecular formula is C7H16O4. The molecule has 0 rings (SSSR count). The second-order valence-corrected chi connectivity index (χ2v) is 1.66. The molecule has 0 amide bonds. The van der Waals surface area contributed by atoms with Gasteiger partial charge < -0.3 is 19.0 Å². The van der Waals surface area contributed by atoms with Gasteiger partial charge in [-0.05, 0) is 6.92 Å². The highest BCUT2D eigenvalue weighted by Crippen LogP contribution is 1.82. The van der Waals surface area contributed by atoms with Gasteiger partial charge in [-0.1, -0.05) is 0 Å². The van der Waals surface area contributed by atoms with Crippen LogP contribution in [0.2, 0.25) is 0 Å². The first-order chi connectivity index (χ1) is 5.22. The second-order valence-electron chi connectivity index (χ2n) is 1.66. The molecule has 0 unspecified atom stereocenters. The lowest BCUT2D eigenvalue weighted by Crippen LogP contribution is -2.05. The van der Waals surface area contributed by atoms with Gasteiger partial charge >= 0.3 is 0 Å². The van der Waals surface area contributed by atoms with Gasteiger partial charge in [0.2, 0.25) is 0 Å². The van der Waals surface area contributed by atoms with Crippen LogP contribution in [-0.4, -0.2) is 40.5 Å². The number of methoxy groups -OCH3 is 3. The predicted molar refractivity (Wildman–Crippen MR) is 41.4 cm³/mol. The highest BCUT2D eigenvalue weighted by molar-refractivity contribution is 5.50. The normalized spacial score (nSPS) is 8.82. The number of ether oxygens (including phenoxy) is 3. The number of carbonyl (C=O) groups is 1. The minimum Gasteiger partial charge on any atom is -0.377 e. The maximum Gasteiger partial charge on any atom is 0.154 e. The summed E-state index contributed by atoms with van der Waals surface area (Å²) >= 11 is 0. The summed E-state index contributed by atoms with van der Waals surface area (Å²) in [6, 6.07) is 0. The topological polar surface area (TPSA) is 44.8 Å². The fraction of sp³-hybridized carbons (Fsp3) is 0.857. The van der Waals surface area contributed by atoms with Crippen molar-refractivity contribution >= 4 is 6.29 Å². The van der Waals surface area contributed by atoms with Gasteiger partial charge in [0.25, 0.3) is 0 Å². The first-order valence-corrected chi connectivity index (χ1v) is 3.21. The molecule has 0 aliphatic rings. The summed E-state index contributed by atoms with van der Waals surface area (Å²) in [5, 5.41) is 0. The van der Waals surface area contributed by atoms with Gasteiger partial charge in [0.15, 0.2) is 6.29 Å². The van der Waals surface area contributed by atoms with E-state index in [1.54, 1.807) is 14.2 Å². The molecule has 0 atom stereocenters. The third kappa shape index (κ3) is 17.7. The zero-order valence-corrected chi connectivity index (χ0v) is 7.49. The van der Waals surface area contributed by atoms with E-state index in [-0.39, 0.29) is 12.9 Å². The van der Waals surface area contributed by atoms with Crippen LogP contribution in [0.5, 0.6) is 0 Å². The van der Waals surface area contributed by atoms with E-state index in [0.29, 0.717) is 6.29 Å². The fourth-order valence-electron chi connectivity index (χ4n) is 0.164. The van der Waals surface area contributed by atoms with Crippen LogP contribution in [0.25, 0.3) is 0 Å². The van der Waals surface area contributed by atoms with E-state index < -0.39 is 0 Å². The second kappa shape index (κ2) is 12.2. The summed E-state index contributed by atoms with van der Waals surface area (Å²) in [4.78, 5) is 9.28. The van der Waals surface area contributed by atoms with E-state index in [1.165, 1.54) is 7.11 Å². The van der Waals surface area contributed by atoms with Crippen LogP contribution < -0.4 is 0 Å². The van der Waals surface area contributed by atoms with E-state index in [0.717, 1.165) is 0 Å². The van der Waals surface area contributed by atoms with E-state index in [2.05, 4.69) is 14.2 Å².